The van der Waals surface area contributed by atoms with E-state index in [1.165, 1.54) is 0 Å². The van der Waals surface area contributed by atoms with Crippen LogP contribution in [0.4, 0.5) is 0 Å². The van der Waals surface area contributed by atoms with Gasteiger partial charge < -0.3 is 14.5 Å². The molecule has 0 unspecified atom stereocenters. The fourth-order valence-corrected chi connectivity index (χ4v) is 2.27. The number of morpholine rings is 1. The van der Waals surface area contributed by atoms with Crippen molar-refractivity contribution < 1.29 is 9.53 Å². The quantitative estimate of drug-likeness (QED) is 0.557. The number of rotatable bonds is 0. The summed E-state index contributed by atoms with van der Waals surface area (Å²) in [5.41, 5.74) is 0. The summed E-state index contributed by atoms with van der Waals surface area (Å²) >= 11 is 5.21. The van der Waals surface area contributed by atoms with Crippen LogP contribution in [0.2, 0.25) is 0 Å². The number of carbonyl (C=O) groups excluding carboxylic acids is 1. The van der Waals surface area contributed by atoms with Gasteiger partial charge in [0.1, 0.15) is 0 Å². The molecule has 0 aromatic heterocycles. The summed E-state index contributed by atoms with van der Waals surface area (Å²) in [5.74, 6) is 0.00944. The molecule has 0 radical (unpaired) electrons. The normalized spacial score (nSPS) is 21.9. The first-order valence-corrected chi connectivity index (χ1v) is 5.86. The molecule has 0 aromatic carbocycles. The Kier molecular flexibility index (Phi) is 3.53. The van der Waals surface area contributed by atoms with Gasteiger partial charge in [0, 0.05) is 26.2 Å². The molecular formula is C10H16N2O2S. The lowest BCUT2D eigenvalue weighted by atomic mass is 10.4. The number of thiocarbonyl (C=S) groups is 1. The van der Waals surface area contributed by atoms with Gasteiger partial charge in [-0.15, -0.1) is 0 Å². The van der Waals surface area contributed by atoms with Gasteiger partial charge in [-0.3, -0.25) is 4.79 Å². The molecule has 0 bridgehead atoms. The summed E-state index contributed by atoms with van der Waals surface area (Å²) in [4.78, 5) is 16.3. The lowest BCUT2D eigenvalue weighted by Crippen LogP contribution is -2.47. The summed E-state index contributed by atoms with van der Waals surface area (Å²) in [6.07, 6.45) is 2.30. The Hall–Kier alpha value is -0.680. The van der Waals surface area contributed by atoms with Gasteiger partial charge in [0.05, 0.1) is 13.2 Å². The van der Waals surface area contributed by atoms with Crippen molar-refractivity contribution in [3.8, 4) is 0 Å². The Labute approximate surface area is 95.2 Å². The van der Waals surface area contributed by atoms with E-state index in [1.807, 2.05) is 4.90 Å². The zero-order chi connectivity index (χ0) is 10.7. The largest absolute Gasteiger partial charge is 0.378 e. The van der Waals surface area contributed by atoms with Crippen LogP contribution in [0, 0.1) is 0 Å². The van der Waals surface area contributed by atoms with Crippen LogP contribution >= 0.6 is 12.2 Å². The van der Waals surface area contributed by atoms with Gasteiger partial charge in [0.25, 0.3) is 5.91 Å². The molecule has 0 spiro atoms. The van der Waals surface area contributed by atoms with Crippen LogP contribution in [0.1, 0.15) is 12.8 Å². The number of amides is 1. The Morgan fingerprint density at radius 3 is 2.20 bits per heavy atom. The number of ether oxygens (including phenoxy) is 1. The Balaban J connectivity index is 1.90. The third-order valence-corrected chi connectivity index (χ3v) is 3.31. The van der Waals surface area contributed by atoms with E-state index in [0.717, 1.165) is 25.9 Å². The zero-order valence-corrected chi connectivity index (χ0v) is 9.59. The van der Waals surface area contributed by atoms with Crippen molar-refractivity contribution in [1.29, 1.82) is 0 Å². The molecule has 0 atom stereocenters. The predicted octanol–water partition coefficient (Wildman–Crippen LogP) is 0.268. The first-order valence-electron chi connectivity index (χ1n) is 5.45. The molecule has 1 amide bonds. The number of hydrogen-bond donors (Lipinski definition) is 0. The number of likely N-dealkylation sites (tertiary alicyclic amines) is 1. The van der Waals surface area contributed by atoms with Crippen LogP contribution in [-0.2, 0) is 9.53 Å². The molecular weight excluding hydrogens is 212 g/mol. The molecule has 0 N–H and O–H groups in total. The average molecular weight is 228 g/mol. The molecule has 15 heavy (non-hydrogen) atoms. The van der Waals surface area contributed by atoms with Crippen LogP contribution in [0.3, 0.4) is 0 Å². The first-order chi connectivity index (χ1) is 7.29. The molecule has 2 aliphatic heterocycles. The van der Waals surface area contributed by atoms with Crippen LogP contribution in [-0.4, -0.2) is 60.1 Å². The molecule has 84 valence electrons. The van der Waals surface area contributed by atoms with Gasteiger partial charge in [-0.1, -0.05) is 12.2 Å². The zero-order valence-electron chi connectivity index (χ0n) is 8.78. The highest BCUT2D eigenvalue weighted by molar-refractivity contribution is 7.81. The number of hydrogen-bond acceptors (Lipinski definition) is 3. The molecule has 5 heteroatoms. The monoisotopic (exact) mass is 228 g/mol. The van der Waals surface area contributed by atoms with E-state index in [4.69, 9.17) is 17.0 Å². The van der Waals surface area contributed by atoms with E-state index in [2.05, 4.69) is 0 Å². The van der Waals surface area contributed by atoms with Crippen molar-refractivity contribution >= 4 is 23.1 Å². The maximum Gasteiger partial charge on any atom is 0.281 e. The fraction of sp³-hybridized carbons (Fsp3) is 0.800. The SMILES string of the molecule is O=C(C(=S)N1CCCC1)N1CCOCC1. The molecule has 0 aliphatic carbocycles. The third-order valence-electron chi connectivity index (χ3n) is 2.87. The molecule has 2 aliphatic rings. The highest BCUT2D eigenvalue weighted by Crippen LogP contribution is 2.10. The van der Waals surface area contributed by atoms with E-state index >= 15 is 0 Å². The van der Waals surface area contributed by atoms with Gasteiger partial charge in [0.15, 0.2) is 4.99 Å². The van der Waals surface area contributed by atoms with Crippen molar-refractivity contribution in [2.45, 2.75) is 12.8 Å². The van der Waals surface area contributed by atoms with Gasteiger partial charge in [0.2, 0.25) is 0 Å². The maximum absolute atomic E-state index is 12.0. The van der Waals surface area contributed by atoms with E-state index in [-0.39, 0.29) is 5.91 Å². The number of nitrogens with zero attached hydrogens (tertiary/aromatic N) is 2. The molecule has 0 saturated carbocycles. The third kappa shape index (κ3) is 2.46. The molecule has 2 rings (SSSR count). The molecule has 2 heterocycles. The summed E-state index contributed by atoms with van der Waals surface area (Å²) < 4.78 is 5.20. The van der Waals surface area contributed by atoms with Gasteiger partial charge in [-0.2, -0.15) is 0 Å². The fourth-order valence-electron chi connectivity index (χ4n) is 1.96. The van der Waals surface area contributed by atoms with Crippen molar-refractivity contribution in [3.05, 3.63) is 0 Å². The molecule has 4 nitrogen and oxygen atoms in total. The Morgan fingerprint density at radius 1 is 1.00 bits per heavy atom. The standard InChI is InChI=1S/C10H16N2O2S/c13-9(11-5-7-14-8-6-11)10(15)12-3-1-2-4-12/h1-8H2. The van der Waals surface area contributed by atoms with Crippen LogP contribution in [0.15, 0.2) is 0 Å². The second kappa shape index (κ2) is 4.90. The van der Waals surface area contributed by atoms with Crippen molar-refractivity contribution in [2.75, 3.05) is 39.4 Å². The van der Waals surface area contributed by atoms with E-state index < -0.39 is 0 Å². The lowest BCUT2D eigenvalue weighted by Gasteiger charge is -2.29. The van der Waals surface area contributed by atoms with Crippen LogP contribution in [0.25, 0.3) is 0 Å². The Morgan fingerprint density at radius 2 is 1.60 bits per heavy atom. The topological polar surface area (TPSA) is 32.8 Å². The van der Waals surface area contributed by atoms with E-state index in [9.17, 15) is 4.79 Å². The second-order valence-corrected chi connectivity index (χ2v) is 4.29. The summed E-state index contributed by atoms with van der Waals surface area (Å²) in [7, 11) is 0. The smallest absolute Gasteiger partial charge is 0.281 e. The van der Waals surface area contributed by atoms with Crippen LogP contribution in [0.5, 0.6) is 0 Å². The molecule has 2 saturated heterocycles. The van der Waals surface area contributed by atoms with Crippen molar-refractivity contribution in [2.24, 2.45) is 0 Å². The summed E-state index contributed by atoms with van der Waals surface area (Å²) in [6, 6.07) is 0. The van der Waals surface area contributed by atoms with Gasteiger partial charge in [-0.25, -0.2) is 0 Å². The van der Waals surface area contributed by atoms with Crippen LogP contribution < -0.4 is 0 Å². The Bertz CT molecular complexity index is 258. The van der Waals surface area contributed by atoms with Crippen molar-refractivity contribution in [3.63, 3.8) is 0 Å². The summed E-state index contributed by atoms with van der Waals surface area (Å²) in [6.45, 7) is 4.49. The highest BCUT2D eigenvalue weighted by atomic mass is 32.1. The van der Waals surface area contributed by atoms with Gasteiger partial charge >= 0.3 is 0 Å². The minimum atomic E-state index is 0.00944. The predicted molar refractivity (Wildman–Crippen MR) is 60.8 cm³/mol. The minimum Gasteiger partial charge on any atom is -0.378 e. The molecule has 0 aromatic rings. The first kappa shape index (κ1) is 10.8. The van der Waals surface area contributed by atoms with Crippen molar-refractivity contribution in [1.82, 2.24) is 9.80 Å². The van der Waals surface area contributed by atoms with E-state index in [1.54, 1.807) is 4.90 Å². The summed E-state index contributed by atoms with van der Waals surface area (Å²) in [5, 5.41) is 0. The maximum atomic E-state index is 12.0. The average Bonchev–Trinajstić information content (AvgIpc) is 2.82. The second-order valence-electron chi connectivity index (χ2n) is 3.90. The van der Waals surface area contributed by atoms with E-state index in [0.29, 0.717) is 31.3 Å². The molecule has 2 fully saturated rings. The highest BCUT2D eigenvalue weighted by Gasteiger charge is 2.26. The number of carbonyl (C=O) groups is 1. The lowest BCUT2D eigenvalue weighted by molar-refractivity contribution is -0.128. The van der Waals surface area contributed by atoms with Gasteiger partial charge in [-0.05, 0) is 12.8 Å². The minimum absolute atomic E-state index is 0.00944.